The summed E-state index contributed by atoms with van der Waals surface area (Å²) in [6, 6.07) is 0. The molecule has 0 bridgehead atoms. The fourth-order valence-corrected chi connectivity index (χ4v) is 0.765. The van der Waals surface area contributed by atoms with Crippen LogP contribution < -0.4 is 5.32 Å². The average Bonchev–Trinajstić information content (AvgIpc) is 2.54. The van der Waals surface area contributed by atoms with E-state index in [0.717, 1.165) is 0 Å². The number of tetrazole rings is 1. The van der Waals surface area contributed by atoms with E-state index in [4.69, 9.17) is 4.74 Å². The Balaban J connectivity index is 2.39. The topological polar surface area (TPSA) is 96.0 Å². The maximum absolute atomic E-state index is 9.50. The third-order valence-electron chi connectivity index (χ3n) is 2.15. The summed E-state index contributed by atoms with van der Waals surface area (Å²) < 4.78 is 5.31. The minimum atomic E-state index is -1.14. The molecular formula is C8H17N5O2. The molecule has 15 heavy (non-hydrogen) atoms. The molecule has 1 aromatic heterocycles. The molecule has 0 saturated carbocycles. The normalized spacial score (nSPS) is 16.1. The van der Waals surface area contributed by atoms with Gasteiger partial charge in [-0.05, 0) is 17.6 Å². The second-order valence-corrected chi connectivity index (χ2v) is 4.38. The van der Waals surface area contributed by atoms with E-state index in [1.54, 1.807) is 0 Å². The van der Waals surface area contributed by atoms with Gasteiger partial charge in [-0.2, -0.15) is 5.21 Å². The molecule has 0 aliphatic rings. The standard InChI is InChI=1S/C8H17N5O2/c1-5(8(2,3)4)15-7(14)9-6-10-12-13-11-6/h5,7,14H,1-4H3,(H2,9,10,11,12,13)/t5-,7?/m1/s1. The number of ether oxygens (including phenoxy) is 1. The van der Waals surface area contributed by atoms with Crippen molar-refractivity contribution in [1.82, 2.24) is 20.6 Å². The minimum absolute atomic E-state index is 0.0418. The van der Waals surface area contributed by atoms with Crippen molar-refractivity contribution in [3.8, 4) is 0 Å². The number of aromatic amines is 1. The highest BCUT2D eigenvalue weighted by Gasteiger charge is 2.23. The molecular weight excluding hydrogens is 198 g/mol. The Hall–Kier alpha value is -1.21. The van der Waals surface area contributed by atoms with Gasteiger partial charge in [-0.15, -0.1) is 5.10 Å². The van der Waals surface area contributed by atoms with Gasteiger partial charge in [-0.3, -0.25) is 0 Å². The van der Waals surface area contributed by atoms with Gasteiger partial charge in [0.25, 0.3) is 5.95 Å². The number of hydrogen-bond donors (Lipinski definition) is 3. The lowest BCUT2D eigenvalue weighted by atomic mass is 9.90. The van der Waals surface area contributed by atoms with Crippen molar-refractivity contribution < 1.29 is 9.84 Å². The quantitative estimate of drug-likeness (QED) is 0.627. The Morgan fingerprint density at radius 3 is 2.60 bits per heavy atom. The number of aliphatic hydroxyl groups is 1. The largest absolute Gasteiger partial charge is 0.351 e. The van der Waals surface area contributed by atoms with Crippen molar-refractivity contribution in [2.45, 2.75) is 40.2 Å². The third kappa shape index (κ3) is 3.80. The number of nitrogens with zero attached hydrogens (tertiary/aromatic N) is 3. The highest BCUT2D eigenvalue weighted by atomic mass is 16.6. The summed E-state index contributed by atoms with van der Waals surface area (Å²) in [6.07, 6.45) is -1.25. The van der Waals surface area contributed by atoms with Gasteiger partial charge >= 0.3 is 0 Å². The molecule has 0 aromatic carbocycles. The zero-order chi connectivity index (χ0) is 11.5. The van der Waals surface area contributed by atoms with Crippen LogP contribution in [-0.4, -0.2) is 38.2 Å². The van der Waals surface area contributed by atoms with Crippen LogP contribution in [0, 0.1) is 5.41 Å². The maximum Gasteiger partial charge on any atom is 0.267 e. The van der Waals surface area contributed by atoms with E-state index in [2.05, 4.69) is 25.9 Å². The molecule has 7 nitrogen and oxygen atoms in total. The first kappa shape index (κ1) is 11.9. The van der Waals surface area contributed by atoms with Gasteiger partial charge in [0.15, 0.2) is 0 Å². The number of aromatic nitrogens is 4. The van der Waals surface area contributed by atoms with Crippen LogP contribution in [0.25, 0.3) is 0 Å². The Morgan fingerprint density at radius 1 is 1.47 bits per heavy atom. The smallest absolute Gasteiger partial charge is 0.267 e. The Labute approximate surface area is 88.2 Å². The first-order valence-electron chi connectivity index (χ1n) is 4.73. The molecule has 3 N–H and O–H groups in total. The molecule has 0 radical (unpaired) electrons. The monoisotopic (exact) mass is 215 g/mol. The Morgan fingerprint density at radius 2 is 2.13 bits per heavy atom. The number of rotatable bonds is 4. The van der Waals surface area contributed by atoms with E-state index in [-0.39, 0.29) is 17.5 Å². The second kappa shape index (κ2) is 4.54. The van der Waals surface area contributed by atoms with Gasteiger partial charge in [0.1, 0.15) is 0 Å². The molecule has 1 unspecified atom stereocenters. The van der Waals surface area contributed by atoms with Gasteiger partial charge in [0.2, 0.25) is 6.41 Å². The first-order chi connectivity index (χ1) is 6.89. The number of anilines is 1. The molecule has 0 aliphatic heterocycles. The van der Waals surface area contributed by atoms with Crippen LogP contribution in [0.4, 0.5) is 5.95 Å². The molecule has 0 aliphatic carbocycles. The molecule has 0 fully saturated rings. The van der Waals surface area contributed by atoms with Crippen molar-refractivity contribution in [2.24, 2.45) is 5.41 Å². The molecule has 2 atom stereocenters. The van der Waals surface area contributed by atoms with E-state index in [9.17, 15) is 5.11 Å². The molecule has 1 aromatic rings. The fraction of sp³-hybridized carbons (Fsp3) is 0.875. The van der Waals surface area contributed by atoms with Crippen molar-refractivity contribution in [3.05, 3.63) is 0 Å². The molecule has 7 heteroatoms. The predicted octanol–water partition coefficient (Wildman–Crippen LogP) is 0.339. The van der Waals surface area contributed by atoms with E-state index in [0.29, 0.717) is 0 Å². The fourth-order valence-electron chi connectivity index (χ4n) is 0.765. The van der Waals surface area contributed by atoms with Crippen molar-refractivity contribution in [2.75, 3.05) is 5.32 Å². The van der Waals surface area contributed by atoms with Crippen LogP contribution >= 0.6 is 0 Å². The summed E-state index contributed by atoms with van der Waals surface area (Å²) in [6.45, 7) is 7.97. The lowest BCUT2D eigenvalue weighted by Crippen LogP contribution is -2.34. The summed E-state index contributed by atoms with van der Waals surface area (Å²) in [5.41, 5.74) is -0.0418. The lowest BCUT2D eigenvalue weighted by Gasteiger charge is -2.29. The molecule has 86 valence electrons. The van der Waals surface area contributed by atoms with Crippen LogP contribution in [-0.2, 0) is 4.74 Å². The summed E-state index contributed by atoms with van der Waals surface area (Å²) in [5.74, 6) is 0.198. The number of aliphatic hydroxyl groups excluding tert-OH is 1. The van der Waals surface area contributed by atoms with Gasteiger partial charge in [-0.1, -0.05) is 25.9 Å². The molecule has 1 heterocycles. The van der Waals surface area contributed by atoms with Gasteiger partial charge < -0.3 is 15.2 Å². The van der Waals surface area contributed by atoms with Gasteiger partial charge in [0.05, 0.1) is 6.10 Å². The van der Waals surface area contributed by atoms with E-state index < -0.39 is 6.41 Å². The number of nitrogens with one attached hydrogen (secondary N) is 2. The summed E-state index contributed by atoms with van der Waals surface area (Å²) in [4.78, 5) is 0. The van der Waals surface area contributed by atoms with E-state index >= 15 is 0 Å². The lowest BCUT2D eigenvalue weighted by molar-refractivity contribution is -0.141. The van der Waals surface area contributed by atoms with Gasteiger partial charge in [0, 0.05) is 0 Å². The van der Waals surface area contributed by atoms with Crippen molar-refractivity contribution in [1.29, 1.82) is 0 Å². The molecule has 0 spiro atoms. The predicted molar refractivity (Wildman–Crippen MR) is 53.8 cm³/mol. The maximum atomic E-state index is 9.50. The van der Waals surface area contributed by atoms with E-state index in [1.165, 1.54) is 0 Å². The second-order valence-electron chi connectivity index (χ2n) is 4.38. The number of hydrogen-bond acceptors (Lipinski definition) is 6. The Bertz CT molecular complexity index is 282. The van der Waals surface area contributed by atoms with Crippen LogP contribution in [0.2, 0.25) is 0 Å². The molecule has 0 saturated heterocycles. The highest BCUT2D eigenvalue weighted by molar-refractivity contribution is 5.18. The van der Waals surface area contributed by atoms with E-state index in [1.807, 2.05) is 27.7 Å². The summed E-state index contributed by atoms with van der Waals surface area (Å²) >= 11 is 0. The molecule has 0 amide bonds. The Kier molecular flexibility index (Phi) is 3.59. The van der Waals surface area contributed by atoms with Gasteiger partial charge in [-0.25, -0.2) is 0 Å². The zero-order valence-electron chi connectivity index (χ0n) is 9.35. The van der Waals surface area contributed by atoms with Crippen LogP contribution in [0.15, 0.2) is 0 Å². The number of H-pyrrole nitrogens is 1. The summed E-state index contributed by atoms with van der Waals surface area (Å²) in [7, 11) is 0. The first-order valence-corrected chi connectivity index (χ1v) is 4.73. The highest BCUT2D eigenvalue weighted by Crippen LogP contribution is 2.22. The van der Waals surface area contributed by atoms with Crippen LogP contribution in [0.5, 0.6) is 0 Å². The van der Waals surface area contributed by atoms with Crippen LogP contribution in [0.3, 0.4) is 0 Å². The third-order valence-corrected chi connectivity index (χ3v) is 2.15. The summed E-state index contributed by atoms with van der Waals surface area (Å²) in [5, 5.41) is 24.9. The zero-order valence-corrected chi connectivity index (χ0v) is 9.35. The molecule has 1 rings (SSSR count). The SMILES string of the molecule is C[C@@H](OC(O)Nc1nn[nH]n1)C(C)(C)C. The minimum Gasteiger partial charge on any atom is -0.351 e. The van der Waals surface area contributed by atoms with Crippen molar-refractivity contribution in [3.63, 3.8) is 0 Å². The average molecular weight is 215 g/mol. The van der Waals surface area contributed by atoms with Crippen molar-refractivity contribution >= 4 is 5.95 Å². The van der Waals surface area contributed by atoms with Crippen LogP contribution in [0.1, 0.15) is 27.7 Å².